The molecule has 1 aliphatic heterocycles. The number of aliphatic imine (C=N–C) groups is 1. The van der Waals surface area contributed by atoms with E-state index in [4.69, 9.17) is 4.74 Å². The van der Waals surface area contributed by atoms with Crippen LogP contribution in [-0.4, -0.2) is 31.3 Å². The monoisotopic (exact) mass is 202 g/mol. The van der Waals surface area contributed by atoms with E-state index in [0.29, 0.717) is 0 Å². The molecule has 1 aromatic carbocycles. The summed E-state index contributed by atoms with van der Waals surface area (Å²) >= 11 is 0. The van der Waals surface area contributed by atoms with Crippen molar-refractivity contribution in [1.82, 2.24) is 4.90 Å². The van der Waals surface area contributed by atoms with Crippen LogP contribution in [0.4, 0.5) is 5.69 Å². The second-order valence-electron chi connectivity index (χ2n) is 3.39. The normalized spacial score (nSPS) is 18.7. The molecule has 1 heterocycles. The van der Waals surface area contributed by atoms with E-state index in [2.05, 4.69) is 9.89 Å². The first kappa shape index (κ1) is 9.77. The Hall–Kier alpha value is -1.77. The molecule has 0 spiro atoms. The zero-order valence-electron chi connectivity index (χ0n) is 8.76. The smallest absolute Gasteiger partial charge is 0.190 e. The Morgan fingerprint density at radius 2 is 2.13 bits per heavy atom. The number of rotatable bonds is 2. The van der Waals surface area contributed by atoms with Crippen molar-refractivity contribution in [3.63, 3.8) is 0 Å². The predicted octanol–water partition coefficient (Wildman–Crippen LogP) is 2.19. The van der Waals surface area contributed by atoms with Crippen molar-refractivity contribution in [2.75, 3.05) is 20.2 Å². The lowest BCUT2D eigenvalue weighted by molar-refractivity contribution is 0.245. The van der Waals surface area contributed by atoms with Crippen LogP contribution in [0.25, 0.3) is 0 Å². The van der Waals surface area contributed by atoms with Crippen molar-refractivity contribution in [2.24, 2.45) is 4.99 Å². The third-order valence-corrected chi connectivity index (χ3v) is 2.25. The van der Waals surface area contributed by atoms with Gasteiger partial charge in [0.15, 0.2) is 5.88 Å². The second-order valence-corrected chi connectivity index (χ2v) is 3.39. The van der Waals surface area contributed by atoms with Gasteiger partial charge in [-0.25, -0.2) is 0 Å². The van der Waals surface area contributed by atoms with Crippen LogP contribution in [0.1, 0.15) is 0 Å². The summed E-state index contributed by atoms with van der Waals surface area (Å²) in [5.41, 5.74) is 0.954. The topological polar surface area (TPSA) is 24.8 Å². The maximum atomic E-state index is 5.40. The molecule has 0 saturated carbocycles. The zero-order chi connectivity index (χ0) is 10.5. The summed E-state index contributed by atoms with van der Waals surface area (Å²) < 4.78 is 5.40. The van der Waals surface area contributed by atoms with Gasteiger partial charge in [-0.05, 0) is 12.1 Å². The SMILES string of the molecule is CN1CCO/C1=C\C=Nc1ccccc1. The lowest BCUT2D eigenvalue weighted by Crippen LogP contribution is -2.10. The molecule has 0 radical (unpaired) electrons. The summed E-state index contributed by atoms with van der Waals surface area (Å²) in [5, 5.41) is 0. The summed E-state index contributed by atoms with van der Waals surface area (Å²) in [6, 6.07) is 9.85. The van der Waals surface area contributed by atoms with Gasteiger partial charge in [0.25, 0.3) is 0 Å². The van der Waals surface area contributed by atoms with Gasteiger partial charge >= 0.3 is 0 Å². The summed E-state index contributed by atoms with van der Waals surface area (Å²) in [4.78, 5) is 6.36. The van der Waals surface area contributed by atoms with Crippen LogP contribution in [0.15, 0.2) is 47.3 Å². The van der Waals surface area contributed by atoms with Crippen LogP contribution in [0.2, 0.25) is 0 Å². The molecule has 0 aromatic heterocycles. The van der Waals surface area contributed by atoms with Gasteiger partial charge < -0.3 is 9.64 Å². The van der Waals surface area contributed by atoms with Gasteiger partial charge in [-0.3, -0.25) is 4.99 Å². The highest BCUT2D eigenvalue weighted by molar-refractivity contribution is 5.74. The third kappa shape index (κ3) is 2.59. The van der Waals surface area contributed by atoms with E-state index in [-0.39, 0.29) is 0 Å². The molecule has 15 heavy (non-hydrogen) atoms. The van der Waals surface area contributed by atoms with Gasteiger partial charge in [0.2, 0.25) is 0 Å². The van der Waals surface area contributed by atoms with Crippen LogP contribution < -0.4 is 0 Å². The Morgan fingerprint density at radius 3 is 2.80 bits per heavy atom. The Balaban J connectivity index is 2.01. The van der Waals surface area contributed by atoms with E-state index in [0.717, 1.165) is 24.7 Å². The highest BCUT2D eigenvalue weighted by Crippen LogP contribution is 2.11. The number of benzene rings is 1. The summed E-state index contributed by atoms with van der Waals surface area (Å²) in [5.74, 6) is 0.884. The quantitative estimate of drug-likeness (QED) is 0.687. The Morgan fingerprint density at radius 1 is 1.33 bits per heavy atom. The van der Waals surface area contributed by atoms with Crippen molar-refractivity contribution in [1.29, 1.82) is 0 Å². The average Bonchev–Trinajstić information content (AvgIpc) is 2.66. The van der Waals surface area contributed by atoms with Gasteiger partial charge in [-0.1, -0.05) is 18.2 Å². The lowest BCUT2D eigenvalue weighted by Gasteiger charge is -2.07. The van der Waals surface area contributed by atoms with Crippen LogP contribution in [0.3, 0.4) is 0 Å². The minimum absolute atomic E-state index is 0.765. The molecule has 1 saturated heterocycles. The highest BCUT2D eigenvalue weighted by atomic mass is 16.5. The fourth-order valence-corrected chi connectivity index (χ4v) is 1.38. The molecular weight excluding hydrogens is 188 g/mol. The number of hydrogen-bond acceptors (Lipinski definition) is 3. The molecule has 1 aromatic rings. The Kier molecular flexibility index (Phi) is 3.02. The fourth-order valence-electron chi connectivity index (χ4n) is 1.38. The summed E-state index contributed by atoms with van der Waals surface area (Å²) in [6.07, 6.45) is 3.66. The van der Waals surface area contributed by atoms with Crippen LogP contribution in [-0.2, 0) is 4.74 Å². The largest absolute Gasteiger partial charge is 0.477 e. The fraction of sp³-hybridized carbons (Fsp3) is 0.250. The summed E-state index contributed by atoms with van der Waals surface area (Å²) in [7, 11) is 2.01. The van der Waals surface area contributed by atoms with Crippen molar-refractivity contribution in [3.05, 3.63) is 42.3 Å². The maximum Gasteiger partial charge on any atom is 0.190 e. The molecule has 0 bridgehead atoms. The molecule has 0 N–H and O–H groups in total. The van der Waals surface area contributed by atoms with Crippen LogP contribution in [0.5, 0.6) is 0 Å². The van der Waals surface area contributed by atoms with E-state index in [1.165, 1.54) is 0 Å². The molecule has 0 atom stereocenters. The number of para-hydroxylation sites is 1. The van der Waals surface area contributed by atoms with Crippen molar-refractivity contribution >= 4 is 11.9 Å². The predicted molar refractivity (Wildman–Crippen MR) is 61.3 cm³/mol. The van der Waals surface area contributed by atoms with Crippen molar-refractivity contribution in [2.45, 2.75) is 0 Å². The number of nitrogens with zero attached hydrogens (tertiary/aromatic N) is 2. The number of ether oxygens (including phenoxy) is 1. The standard InChI is InChI=1S/C12H14N2O/c1-14-9-10-15-12(14)7-8-13-11-5-3-2-4-6-11/h2-8H,9-10H2,1H3/b12-7-,13-8?. The first-order chi connectivity index (χ1) is 7.36. The Labute approximate surface area is 89.7 Å². The maximum absolute atomic E-state index is 5.40. The van der Waals surface area contributed by atoms with E-state index in [9.17, 15) is 0 Å². The number of allylic oxidation sites excluding steroid dienone is 1. The molecule has 3 heteroatoms. The molecule has 0 aliphatic carbocycles. The molecule has 0 amide bonds. The van der Waals surface area contributed by atoms with E-state index in [1.807, 2.05) is 43.5 Å². The zero-order valence-corrected chi connectivity index (χ0v) is 8.76. The van der Waals surface area contributed by atoms with E-state index in [1.54, 1.807) is 6.21 Å². The van der Waals surface area contributed by atoms with Gasteiger partial charge in [0, 0.05) is 19.3 Å². The summed E-state index contributed by atoms with van der Waals surface area (Å²) in [6.45, 7) is 1.71. The van der Waals surface area contributed by atoms with Crippen molar-refractivity contribution < 1.29 is 4.74 Å². The average molecular weight is 202 g/mol. The van der Waals surface area contributed by atoms with Gasteiger partial charge in [-0.2, -0.15) is 0 Å². The van der Waals surface area contributed by atoms with Crippen molar-refractivity contribution in [3.8, 4) is 0 Å². The molecule has 2 rings (SSSR count). The number of likely N-dealkylation sites (N-methyl/N-ethyl adjacent to an activating group) is 1. The minimum atomic E-state index is 0.765. The lowest BCUT2D eigenvalue weighted by atomic mass is 10.3. The van der Waals surface area contributed by atoms with E-state index < -0.39 is 0 Å². The molecule has 78 valence electrons. The molecule has 0 unspecified atom stereocenters. The molecule has 3 nitrogen and oxygen atoms in total. The van der Waals surface area contributed by atoms with Gasteiger partial charge in [0.1, 0.15) is 6.61 Å². The third-order valence-electron chi connectivity index (χ3n) is 2.25. The van der Waals surface area contributed by atoms with Gasteiger partial charge in [0.05, 0.1) is 12.2 Å². The van der Waals surface area contributed by atoms with Crippen LogP contribution >= 0.6 is 0 Å². The van der Waals surface area contributed by atoms with E-state index >= 15 is 0 Å². The second kappa shape index (κ2) is 4.64. The number of hydrogen-bond donors (Lipinski definition) is 0. The van der Waals surface area contributed by atoms with Gasteiger partial charge in [-0.15, -0.1) is 0 Å². The highest BCUT2D eigenvalue weighted by Gasteiger charge is 2.11. The molecule has 1 aliphatic rings. The molecular formula is C12H14N2O. The Bertz CT molecular complexity index is 370. The first-order valence-electron chi connectivity index (χ1n) is 4.99. The van der Waals surface area contributed by atoms with Crippen LogP contribution in [0, 0.1) is 0 Å². The molecule has 1 fully saturated rings. The first-order valence-corrected chi connectivity index (χ1v) is 4.99. The minimum Gasteiger partial charge on any atom is -0.477 e.